The maximum Gasteiger partial charge on any atom is 0.281 e. The van der Waals surface area contributed by atoms with Crippen LogP contribution in [-0.4, -0.2) is 73.1 Å². The summed E-state index contributed by atoms with van der Waals surface area (Å²) >= 11 is 0. The number of amides is 1. The molecule has 3 fully saturated rings. The summed E-state index contributed by atoms with van der Waals surface area (Å²) in [5.41, 5.74) is 1.32. The third-order valence-electron chi connectivity index (χ3n) is 7.33. The highest BCUT2D eigenvalue weighted by atomic mass is 32.2. The first-order valence-corrected chi connectivity index (χ1v) is 13.6. The first kappa shape index (κ1) is 23.7. The smallest absolute Gasteiger partial charge is 0.281 e. The number of likely N-dealkylation sites (tertiary alicyclic amines) is 1. The molecule has 0 radical (unpaired) electrons. The summed E-state index contributed by atoms with van der Waals surface area (Å²) < 4.78 is 29.4. The zero-order valence-corrected chi connectivity index (χ0v) is 20.1. The molecule has 1 aromatic rings. The Hall–Kier alpha value is -1.48. The second-order valence-corrected chi connectivity index (χ2v) is 11.8. The summed E-state index contributed by atoms with van der Waals surface area (Å²) in [6, 6.07) is 10.7. The zero-order valence-electron chi connectivity index (χ0n) is 19.3. The van der Waals surface area contributed by atoms with Gasteiger partial charge in [0.25, 0.3) is 10.2 Å². The number of benzene rings is 1. The van der Waals surface area contributed by atoms with E-state index in [9.17, 15) is 13.2 Å². The number of hydrogen-bond acceptors (Lipinski definition) is 4. The Balaban J connectivity index is 1.25. The molecule has 0 spiro atoms. The van der Waals surface area contributed by atoms with Gasteiger partial charge in [-0.15, -0.1) is 0 Å². The van der Waals surface area contributed by atoms with Gasteiger partial charge in [-0.05, 0) is 50.0 Å². The van der Waals surface area contributed by atoms with E-state index in [1.54, 1.807) is 8.61 Å². The Labute approximate surface area is 193 Å². The van der Waals surface area contributed by atoms with E-state index in [4.69, 9.17) is 0 Å². The van der Waals surface area contributed by atoms with Crippen molar-refractivity contribution in [2.75, 3.05) is 39.3 Å². The molecule has 1 atom stereocenters. The monoisotopic (exact) mass is 462 g/mol. The van der Waals surface area contributed by atoms with Crippen LogP contribution in [0.1, 0.15) is 51.0 Å². The molecule has 1 aromatic carbocycles. The van der Waals surface area contributed by atoms with E-state index in [0.717, 1.165) is 58.2 Å². The van der Waals surface area contributed by atoms with E-state index >= 15 is 0 Å². The van der Waals surface area contributed by atoms with E-state index in [1.807, 2.05) is 6.07 Å². The number of carbonyl (C=O) groups is 1. The lowest BCUT2D eigenvalue weighted by Crippen LogP contribution is -2.53. The molecular weight excluding hydrogens is 424 g/mol. The minimum atomic E-state index is -3.47. The molecule has 0 saturated carbocycles. The molecule has 3 saturated heterocycles. The second-order valence-electron chi connectivity index (χ2n) is 9.83. The van der Waals surface area contributed by atoms with Crippen molar-refractivity contribution in [3.05, 3.63) is 35.9 Å². The lowest BCUT2D eigenvalue weighted by Gasteiger charge is -2.38. The van der Waals surface area contributed by atoms with Gasteiger partial charge in [-0.1, -0.05) is 37.3 Å². The van der Waals surface area contributed by atoms with Crippen molar-refractivity contribution in [1.82, 2.24) is 18.8 Å². The van der Waals surface area contributed by atoms with Gasteiger partial charge >= 0.3 is 0 Å². The maximum atomic E-state index is 13.1. The summed E-state index contributed by atoms with van der Waals surface area (Å²) in [5, 5.41) is 3.23. The third-order valence-corrected chi connectivity index (χ3v) is 9.34. The topological polar surface area (TPSA) is 73.0 Å². The Morgan fingerprint density at radius 1 is 0.938 bits per heavy atom. The van der Waals surface area contributed by atoms with Crippen LogP contribution in [0.25, 0.3) is 0 Å². The Kier molecular flexibility index (Phi) is 7.87. The first-order valence-electron chi connectivity index (χ1n) is 12.2. The lowest BCUT2D eigenvalue weighted by molar-refractivity contribution is -0.127. The van der Waals surface area contributed by atoms with Crippen molar-refractivity contribution in [2.45, 2.75) is 58.0 Å². The van der Waals surface area contributed by atoms with Gasteiger partial charge in [0.2, 0.25) is 5.91 Å². The van der Waals surface area contributed by atoms with Crippen LogP contribution >= 0.6 is 0 Å². The standard InChI is InChI=1S/C24H38N4O3S/c1-20-9-16-27(17-10-20)32(30,31)28-13-5-8-22(19-28)24(29)25-23-11-14-26(15-12-23)18-21-6-3-2-4-7-21/h2-4,6-7,20,22-23H,5,8-19H2,1H3,(H,25,29)/t22-/m0/s1. The minimum absolute atomic E-state index is 0.0266. The number of nitrogens with zero attached hydrogens (tertiary/aromatic N) is 3. The fourth-order valence-electron chi connectivity index (χ4n) is 5.14. The van der Waals surface area contributed by atoms with Gasteiger partial charge in [0.1, 0.15) is 0 Å². The number of nitrogens with one attached hydrogen (secondary N) is 1. The second kappa shape index (κ2) is 10.6. The molecule has 0 bridgehead atoms. The quantitative estimate of drug-likeness (QED) is 0.705. The molecule has 32 heavy (non-hydrogen) atoms. The maximum absolute atomic E-state index is 13.1. The number of carbonyl (C=O) groups excluding carboxylic acids is 1. The average molecular weight is 463 g/mol. The summed E-state index contributed by atoms with van der Waals surface area (Å²) in [6.45, 7) is 7.10. The van der Waals surface area contributed by atoms with Crippen LogP contribution in [0, 0.1) is 11.8 Å². The summed E-state index contributed by atoms with van der Waals surface area (Å²) in [7, 11) is -3.47. The Morgan fingerprint density at radius 3 is 2.31 bits per heavy atom. The molecule has 3 aliphatic rings. The highest BCUT2D eigenvalue weighted by molar-refractivity contribution is 7.86. The van der Waals surface area contributed by atoms with Crippen molar-refractivity contribution in [2.24, 2.45) is 11.8 Å². The van der Waals surface area contributed by atoms with Gasteiger partial charge in [0.15, 0.2) is 0 Å². The predicted molar refractivity (Wildman–Crippen MR) is 126 cm³/mol. The largest absolute Gasteiger partial charge is 0.353 e. The van der Waals surface area contributed by atoms with Crippen molar-refractivity contribution in [1.29, 1.82) is 0 Å². The average Bonchev–Trinajstić information content (AvgIpc) is 2.81. The van der Waals surface area contributed by atoms with Crippen LogP contribution in [0.5, 0.6) is 0 Å². The molecule has 0 unspecified atom stereocenters. The SMILES string of the molecule is CC1CCN(S(=O)(=O)N2CCC[C@H](C(=O)NC3CCN(Cc4ccccc4)CC3)C2)CC1. The summed E-state index contributed by atoms with van der Waals surface area (Å²) in [4.78, 5) is 15.4. The van der Waals surface area contributed by atoms with E-state index in [-0.39, 0.29) is 17.9 Å². The van der Waals surface area contributed by atoms with Gasteiger partial charge in [-0.3, -0.25) is 9.69 Å². The molecule has 1 N–H and O–H groups in total. The van der Waals surface area contributed by atoms with E-state index < -0.39 is 10.2 Å². The zero-order chi connectivity index (χ0) is 22.6. The van der Waals surface area contributed by atoms with Crippen molar-refractivity contribution < 1.29 is 13.2 Å². The molecule has 0 aliphatic carbocycles. The summed E-state index contributed by atoms with van der Waals surface area (Å²) in [6.07, 6.45) is 5.23. The highest BCUT2D eigenvalue weighted by Gasteiger charge is 2.37. The normalized spacial score (nSPS) is 25.6. The van der Waals surface area contributed by atoms with Gasteiger partial charge in [0, 0.05) is 51.9 Å². The third kappa shape index (κ3) is 5.90. The molecule has 3 heterocycles. The van der Waals surface area contributed by atoms with Crippen molar-refractivity contribution in [3.63, 3.8) is 0 Å². The van der Waals surface area contributed by atoms with Crippen LogP contribution in [0.15, 0.2) is 30.3 Å². The van der Waals surface area contributed by atoms with Gasteiger partial charge in [0.05, 0.1) is 5.92 Å². The van der Waals surface area contributed by atoms with E-state index in [1.165, 1.54) is 5.56 Å². The molecule has 178 valence electrons. The highest BCUT2D eigenvalue weighted by Crippen LogP contribution is 2.25. The molecule has 8 heteroatoms. The molecule has 4 rings (SSSR count). The fraction of sp³-hybridized carbons (Fsp3) is 0.708. The van der Waals surface area contributed by atoms with Crippen molar-refractivity contribution in [3.8, 4) is 0 Å². The van der Waals surface area contributed by atoms with Gasteiger partial charge in [-0.2, -0.15) is 17.0 Å². The van der Waals surface area contributed by atoms with E-state index in [2.05, 4.69) is 41.4 Å². The predicted octanol–water partition coefficient (Wildman–Crippen LogP) is 2.46. The molecule has 3 aliphatic heterocycles. The van der Waals surface area contributed by atoms with Crippen LogP contribution in [0.4, 0.5) is 0 Å². The van der Waals surface area contributed by atoms with Crippen LogP contribution in [0.3, 0.4) is 0 Å². The fourth-order valence-corrected chi connectivity index (χ4v) is 6.87. The van der Waals surface area contributed by atoms with Gasteiger partial charge < -0.3 is 5.32 Å². The number of rotatable bonds is 6. The number of piperidine rings is 3. The van der Waals surface area contributed by atoms with Crippen LogP contribution < -0.4 is 5.32 Å². The molecule has 0 aromatic heterocycles. The Morgan fingerprint density at radius 2 is 1.62 bits per heavy atom. The minimum Gasteiger partial charge on any atom is -0.353 e. The first-order chi connectivity index (χ1) is 15.4. The van der Waals surface area contributed by atoms with Crippen molar-refractivity contribution >= 4 is 16.1 Å². The van der Waals surface area contributed by atoms with E-state index in [0.29, 0.717) is 32.1 Å². The van der Waals surface area contributed by atoms with Gasteiger partial charge in [-0.25, -0.2) is 0 Å². The van der Waals surface area contributed by atoms with Crippen LogP contribution in [0.2, 0.25) is 0 Å². The molecular formula is C24H38N4O3S. The Bertz CT molecular complexity index is 847. The molecule has 7 nitrogen and oxygen atoms in total. The lowest BCUT2D eigenvalue weighted by atomic mass is 9.97. The number of hydrogen-bond donors (Lipinski definition) is 1. The summed E-state index contributed by atoms with van der Waals surface area (Å²) in [5.74, 6) is 0.365. The molecule has 1 amide bonds. The van der Waals surface area contributed by atoms with Crippen LogP contribution in [-0.2, 0) is 21.5 Å².